The second-order valence-electron chi connectivity index (χ2n) is 1.41. The van der Waals surface area contributed by atoms with Gasteiger partial charge in [0, 0.05) is 0 Å². The SMILES string of the molecule is CC/C=C(Cl)\C=N/OC. The van der Waals surface area contributed by atoms with Crippen LogP contribution in [-0.2, 0) is 4.84 Å². The molecule has 0 atom stereocenters. The summed E-state index contributed by atoms with van der Waals surface area (Å²) < 4.78 is 0. The Balaban J connectivity index is 3.60. The minimum absolute atomic E-state index is 0.611. The summed E-state index contributed by atoms with van der Waals surface area (Å²) in [6, 6.07) is 0. The average Bonchev–Trinajstić information content (AvgIpc) is 1.85. The van der Waals surface area contributed by atoms with Crippen LogP contribution in [0.5, 0.6) is 0 Å². The van der Waals surface area contributed by atoms with Crippen LogP contribution in [0.4, 0.5) is 0 Å². The Morgan fingerprint density at radius 1 is 1.78 bits per heavy atom. The molecule has 0 bridgehead atoms. The van der Waals surface area contributed by atoms with Gasteiger partial charge >= 0.3 is 0 Å². The van der Waals surface area contributed by atoms with Crippen molar-refractivity contribution in [3.05, 3.63) is 11.1 Å². The molecule has 9 heavy (non-hydrogen) atoms. The van der Waals surface area contributed by atoms with Crippen molar-refractivity contribution in [2.24, 2.45) is 5.16 Å². The van der Waals surface area contributed by atoms with Gasteiger partial charge in [-0.1, -0.05) is 29.8 Å². The first-order valence-corrected chi connectivity index (χ1v) is 3.11. The molecule has 0 aromatic heterocycles. The molecule has 0 spiro atoms. The number of halogens is 1. The Labute approximate surface area is 60.1 Å². The summed E-state index contributed by atoms with van der Waals surface area (Å²) in [5, 5.41) is 4.08. The third-order valence-corrected chi connectivity index (χ3v) is 0.932. The highest BCUT2D eigenvalue weighted by atomic mass is 35.5. The molecule has 0 saturated carbocycles. The maximum atomic E-state index is 5.59. The number of nitrogens with zero attached hydrogens (tertiary/aromatic N) is 1. The Kier molecular flexibility index (Phi) is 5.32. The zero-order chi connectivity index (χ0) is 7.11. The molecule has 2 nitrogen and oxygen atoms in total. The first-order chi connectivity index (χ1) is 4.31. The lowest BCUT2D eigenvalue weighted by Crippen LogP contribution is -1.74. The van der Waals surface area contributed by atoms with E-state index in [4.69, 9.17) is 11.6 Å². The fourth-order valence-corrected chi connectivity index (χ4v) is 0.545. The zero-order valence-corrected chi connectivity index (χ0v) is 6.35. The molecule has 0 fully saturated rings. The van der Waals surface area contributed by atoms with Crippen LogP contribution in [0, 0.1) is 0 Å². The average molecular weight is 148 g/mol. The summed E-state index contributed by atoms with van der Waals surface area (Å²) in [5.74, 6) is 0. The van der Waals surface area contributed by atoms with Gasteiger partial charge < -0.3 is 4.84 Å². The third kappa shape index (κ3) is 5.37. The molecular formula is C6H10ClNO. The molecule has 52 valence electrons. The van der Waals surface area contributed by atoms with E-state index in [0.29, 0.717) is 5.03 Å². The maximum absolute atomic E-state index is 5.59. The van der Waals surface area contributed by atoms with Gasteiger partial charge in [0.1, 0.15) is 7.11 Å². The van der Waals surface area contributed by atoms with Crippen molar-refractivity contribution < 1.29 is 4.84 Å². The Morgan fingerprint density at radius 2 is 2.44 bits per heavy atom. The number of oxime groups is 1. The summed E-state index contributed by atoms with van der Waals surface area (Å²) in [6.07, 6.45) is 4.23. The van der Waals surface area contributed by atoms with Gasteiger partial charge in [-0.25, -0.2) is 0 Å². The van der Waals surface area contributed by atoms with Gasteiger partial charge in [-0.3, -0.25) is 0 Å². The molecular weight excluding hydrogens is 138 g/mol. The molecule has 0 unspecified atom stereocenters. The van der Waals surface area contributed by atoms with Crippen molar-refractivity contribution in [1.82, 2.24) is 0 Å². The molecule has 0 aliphatic rings. The minimum Gasteiger partial charge on any atom is -0.399 e. The highest BCUT2D eigenvalue weighted by Crippen LogP contribution is 1.97. The van der Waals surface area contributed by atoms with Crippen molar-refractivity contribution in [1.29, 1.82) is 0 Å². The molecule has 0 radical (unpaired) electrons. The van der Waals surface area contributed by atoms with E-state index in [1.54, 1.807) is 0 Å². The van der Waals surface area contributed by atoms with Gasteiger partial charge in [-0.05, 0) is 6.42 Å². The quantitative estimate of drug-likeness (QED) is 0.443. The highest BCUT2D eigenvalue weighted by Gasteiger charge is 1.81. The van der Waals surface area contributed by atoms with Crippen LogP contribution in [0.2, 0.25) is 0 Å². The number of allylic oxidation sites excluding steroid dienone is 2. The third-order valence-electron chi connectivity index (χ3n) is 0.681. The molecule has 0 aromatic rings. The van der Waals surface area contributed by atoms with Gasteiger partial charge in [-0.2, -0.15) is 0 Å². The standard InChI is InChI=1S/C6H10ClNO/c1-3-4-6(7)5-8-9-2/h4-5H,3H2,1-2H3/b6-4+,8-5-. The van der Waals surface area contributed by atoms with Crippen LogP contribution in [0.25, 0.3) is 0 Å². The Bertz CT molecular complexity index is 120. The lowest BCUT2D eigenvalue weighted by molar-refractivity contribution is 0.215. The minimum atomic E-state index is 0.611. The lowest BCUT2D eigenvalue weighted by atomic mass is 10.4. The van der Waals surface area contributed by atoms with E-state index in [9.17, 15) is 0 Å². The fraction of sp³-hybridized carbons (Fsp3) is 0.500. The molecule has 0 saturated heterocycles. The van der Waals surface area contributed by atoms with E-state index in [-0.39, 0.29) is 0 Å². The predicted octanol–water partition coefficient (Wildman–Crippen LogP) is 2.15. The van der Waals surface area contributed by atoms with Gasteiger partial charge in [0.15, 0.2) is 0 Å². The molecule has 3 heteroatoms. The van der Waals surface area contributed by atoms with E-state index < -0.39 is 0 Å². The van der Waals surface area contributed by atoms with Crippen molar-refractivity contribution in [2.75, 3.05) is 7.11 Å². The second kappa shape index (κ2) is 5.63. The van der Waals surface area contributed by atoms with Crippen molar-refractivity contribution in [2.45, 2.75) is 13.3 Å². The van der Waals surface area contributed by atoms with Gasteiger partial charge in [0.25, 0.3) is 0 Å². The van der Waals surface area contributed by atoms with Crippen LogP contribution in [0.15, 0.2) is 16.3 Å². The first-order valence-electron chi connectivity index (χ1n) is 2.73. The first kappa shape index (κ1) is 8.50. The molecule has 0 rings (SSSR count). The Morgan fingerprint density at radius 3 is 2.89 bits per heavy atom. The fourth-order valence-electron chi connectivity index (χ4n) is 0.351. The molecule has 0 amide bonds. The topological polar surface area (TPSA) is 21.6 Å². The van der Waals surface area contributed by atoms with Gasteiger partial charge in [0.2, 0.25) is 0 Å². The lowest BCUT2D eigenvalue weighted by Gasteiger charge is -1.85. The smallest absolute Gasteiger partial charge is 0.106 e. The normalized spacial score (nSPS) is 12.6. The zero-order valence-electron chi connectivity index (χ0n) is 5.60. The highest BCUT2D eigenvalue weighted by molar-refractivity contribution is 6.39. The van der Waals surface area contributed by atoms with E-state index >= 15 is 0 Å². The van der Waals surface area contributed by atoms with Crippen LogP contribution in [0.3, 0.4) is 0 Å². The van der Waals surface area contributed by atoms with Crippen LogP contribution >= 0.6 is 11.6 Å². The van der Waals surface area contributed by atoms with Crippen LogP contribution in [0.1, 0.15) is 13.3 Å². The van der Waals surface area contributed by atoms with Crippen molar-refractivity contribution >= 4 is 17.8 Å². The largest absolute Gasteiger partial charge is 0.399 e. The van der Waals surface area contributed by atoms with E-state index in [1.807, 2.05) is 13.0 Å². The van der Waals surface area contributed by atoms with E-state index in [0.717, 1.165) is 6.42 Å². The summed E-state index contributed by atoms with van der Waals surface area (Å²) in [5.41, 5.74) is 0. The maximum Gasteiger partial charge on any atom is 0.106 e. The van der Waals surface area contributed by atoms with Gasteiger partial charge in [-0.15, -0.1) is 0 Å². The Hall–Kier alpha value is -0.500. The molecule has 0 aliphatic carbocycles. The van der Waals surface area contributed by atoms with Gasteiger partial charge in [0.05, 0.1) is 11.2 Å². The van der Waals surface area contributed by atoms with E-state index in [1.165, 1.54) is 13.3 Å². The van der Waals surface area contributed by atoms with Crippen molar-refractivity contribution in [3.8, 4) is 0 Å². The summed E-state index contributed by atoms with van der Waals surface area (Å²) in [4.78, 5) is 4.40. The number of hydrogen-bond acceptors (Lipinski definition) is 2. The van der Waals surface area contributed by atoms with Crippen LogP contribution < -0.4 is 0 Å². The van der Waals surface area contributed by atoms with Crippen molar-refractivity contribution in [3.63, 3.8) is 0 Å². The van der Waals surface area contributed by atoms with E-state index in [2.05, 4.69) is 9.99 Å². The predicted molar refractivity (Wildman–Crippen MR) is 39.7 cm³/mol. The second-order valence-corrected chi connectivity index (χ2v) is 1.85. The summed E-state index contributed by atoms with van der Waals surface area (Å²) in [6.45, 7) is 2.00. The molecule has 0 N–H and O–H groups in total. The monoisotopic (exact) mass is 147 g/mol. The number of rotatable bonds is 3. The molecule has 0 aliphatic heterocycles. The molecule has 0 aromatic carbocycles. The summed E-state index contributed by atoms with van der Waals surface area (Å²) >= 11 is 5.59. The number of hydrogen-bond donors (Lipinski definition) is 0. The summed E-state index contributed by atoms with van der Waals surface area (Å²) in [7, 11) is 1.48. The van der Waals surface area contributed by atoms with Crippen LogP contribution in [-0.4, -0.2) is 13.3 Å². The molecule has 0 heterocycles.